The topological polar surface area (TPSA) is 29.3 Å². The third kappa shape index (κ3) is 3.51. The Bertz CT molecular complexity index is 348. The van der Waals surface area contributed by atoms with Gasteiger partial charge in [-0.3, -0.25) is 0 Å². The van der Waals surface area contributed by atoms with Crippen molar-refractivity contribution in [3.05, 3.63) is 35.6 Å². The maximum absolute atomic E-state index is 13.5. The molecule has 0 aliphatic carbocycles. The molecular formula is C14H21FN2. The molecule has 1 aliphatic heterocycles. The zero-order chi connectivity index (χ0) is 12.1. The molecular weight excluding hydrogens is 215 g/mol. The van der Waals surface area contributed by atoms with Crippen molar-refractivity contribution in [3.8, 4) is 0 Å². The number of benzene rings is 1. The second kappa shape index (κ2) is 6.12. The van der Waals surface area contributed by atoms with Gasteiger partial charge in [0, 0.05) is 11.6 Å². The van der Waals surface area contributed by atoms with Crippen LogP contribution in [0.4, 0.5) is 4.39 Å². The van der Waals surface area contributed by atoms with Crippen molar-refractivity contribution in [2.24, 2.45) is 5.73 Å². The normalized spacial score (nSPS) is 18.5. The predicted octanol–water partition coefficient (Wildman–Crippen LogP) is 2.70. The van der Waals surface area contributed by atoms with E-state index in [-0.39, 0.29) is 11.9 Å². The number of nitrogens with two attached hydrogens (primary N) is 1. The van der Waals surface area contributed by atoms with Crippen molar-refractivity contribution < 1.29 is 4.39 Å². The average Bonchev–Trinajstić information content (AvgIpc) is 2.82. The minimum Gasteiger partial charge on any atom is -0.324 e. The fourth-order valence-corrected chi connectivity index (χ4v) is 2.47. The third-order valence-electron chi connectivity index (χ3n) is 3.49. The van der Waals surface area contributed by atoms with Crippen LogP contribution in [0.15, 0.2) is 24.3 Å². The molecule has 3 heteroatoms. The summed E-state index contributed by atoms with van der Waals surface area (Å²) in [6.45, 7) is 3.53. The van der Waals surface area contributed by atoms with E-state index in [2.05, 4.69) is 4.90 Å². The van der Waals surface area contributed by atoms with E-state index in [0.717, 1.165) is 19.4 Å². The van der Waals surface area contributed by atoms with Crippen LogP contribution in [0.2, 0.25) is 0 Å². The summed E-state index contributed by atoms with van der Waals surface area (Å²) in [5.41, 5.74) is 6.67. The summed E-state index contributed by atoms with van der Waals surface area (Å²) in [6.07, 6.45) is 4.55. The van der Waals surface area contributed by atoms with Crippen LogP contribution in [-0.4, -0.2) is 24.5 Å². The Balaban J connectivity index is 1.77. The maximum Gasteiger partial charge on any atom is 0.127 e. The molecule has 1 heterocycles. The average molecular weight is 236 g/mol. The van der Waals surface area contributed by atoms with Gasteiger partial charge in [-0.2, -0.15) is 0 Å². The van der Waals surface area contributed by atoms with E-state index in [1.54, 1.807) is 12.1 Å². The second-order valence-electron chi connectivity index (χ2n) is 4.82. The molecule has 0 aromatic heterocycles. The van der Waals surface area contributed by atoms with Crippen molar-refractivity contribution in [1.29, 1.82) is 0 Å². The van der Waals surface area contributed by atoms with Crippen LogP contribution in [0.1, 0.15) is 37.3 Å². The first-order chi connectivity index (χ1) is 8.27. The molecule has 2 rings (SSSR count). The minimum atomic E-state index is -0.179. The molecule has 0 amide bonds. The van der Waals surface area contributed by atoms with Crippen LogP contribution in [0.25, 0.3) is 0 Å². The van der Waals surface area contributed by atoms with Crippen molar-refractivity contribution in [2.75, 3.05) is 19.6 Å². The van der Waals surface area contributed by atoms with E-state index in [1.807, 2.05) is 6.07 Å². The molecule has 0 bridgehead atoms. The molecule has 0 saturated carbocycles. The number of hydrogen-bond donors (Lipinski definition) is 1. The minimum absolute atomic E-state index is 0.168. The summed E-state index contributed by atoms with van der Waals surface area (Å²) in [6, 6.07) is 6.65. The predicted molar refractivity (Wildman–Crippen MR) is 68.2 cm³/mol. The Kier molecular flexibility index (Phi) is 4.51. The second-order valence-corrected chi connectivity index (χ2v) is 4.82. The smallest absolute Gasteiger partial charge is 0.127 e. The van der Waals surface area contributed by atoms with Crippen LogP contribution in [0.5, 0.6) is 0 Å². The number of hydrogen-bond acceptors (Lipinski definition) is 2. The first-order valence-electron chi connectivity index (χ1n) is 6.50. The number of likely N-dealkylation sites (tertiary alicyclic amines) is 1. The lowest BCUT2D eigenvalue weighted by molar-refractivity contribution is 0.324. The molecule has 2 N–H and O–H groups in total. The summed E-state index contributed by atoms with van der Waals surface area (Å²) in [7, 11) is 0. The lowest BCUT2D eigenvalue weighted by Gasteiger charge is -2.17. The van der Waals surface area contributed by atoms with Crippen LogP contribution in [0.3, 0.4) is 0 Å². The lowest BCUT2D eigenvalue weighted by atomic mass is 10.0. The quantitative estimate of drug-likeness (QED) is 0.851. The molecule has 1 atom stereocenters. The molecule has 1 aromatic carbocycles. The summed E-state index contributed by atoms with van der Waals surface area (Å²) in [5.74, 6) is -0.179. The first-order valence-corrected chi connectivity index (χ1v) is 6.50. The van der Waals surface area contributed by atoms with E-state index in [0.29, 0.717) is 5.56 Å². The van der Waals surface area contributed by atoms with Crippen LogP contribution >= 0.6 is 0 Å². The molecule has 1 aliphatic rings. The van der Waals surface area contributed by atoms with Gasteiger partial charge in [0.2, 0.25) is 0 Å². The molecule has 1 aromatic rings. The molecule has 0 spiro atoms. The molecule has 1 saturated heterocycles. The first kappa shape index (κ1) is 12.5. The third-order valence-corrected chi connectivity index (χ3v) is 3.49. The van der Waals surface area contributed by atoms with Gasteiger partial charge in [-0.1, -0.05) is 18.2 Å². The van der Waals surface area contributed by atoms with Gasteiger partial charge in [0.25, 0.3) is 0 Å². The Hall–Kier alpha value is -0.930. The zero-order valence-corrected chi connectivity index (χ0v) is 10.2. The van der Waals surface area contributed by atoms with Crippen molar-refractivity contribution in [1.82, 2.24) is 4.90 Å². The van der Waals surface area contributed by atoms with Crippen LogP contribution in [-0.2, 0) is 0 Å². The molecule has 94 valence electrons. The van der Waals surface area contributed by atoms with Crippen molar-refractivity contribution in [3.63, 3.8) is 0 Å². The standard InChI is InChI=1S/C14H21FN2/c15-13-7-2-1-6-12(13)14(16)8-5-11-17-9-3-4-10-17/h1-2,6-7,14H,3-5,8-11,16H2. The highest BCUT2D eigenvalue weighted by Crippen LogP contribution is 2.19. The van der Waals surface area contributed by atoms with Gasteiger partial charge < -0.3 is 10.6 Å². The van der Waals surface area contributed by atoms with Gasteiger partial charge in [-0.05, 0) is 51.4 Å². The summed E-state index contributed by atoms with van der Waals surface area (Å²) in [5, 5.41) is 0. The van der Waals surface area contributed by atoms with E-state index >= 15 is 0 Å². The zero-order valence-electron chi connectivity index (χ0n) is 10.2. The van der Waals surface area contributed by atoms with Gasteiger partial charge >= 0.3 is 0 Å². The fourth-order valence-electron chi connectivity index (χ4n) is 2.47. The van der Waals surface area contributed by atoms with Gasteiger partial charge in [-0.25, -0.2) is 4.39 Å². The van der Waals surface area contributed by atoms with Crippen molar-refractivity contribution >= 4 is 0 Å². The Labute approximate surface area is 103 Å². The molecule has 2 nitrogen and oxygen atoms in total. The molecule has 17 heavy (non-hydrogen) atoms. The van der Waals surface area contributed by atoms with Crippen molar-refractivity contribution in [2.45, 2.75) is 31.7 Å². The fraction of sp³-hybridized carbons (Fsp3) is 0.571. The van der Waals surface area contributed by atoms with Crippen LogP contribution in [0, 0.1) is 5.82 Å². The number of nitrogens with zero attached hydrogens (tertiary/aromatic N) is 1. The largest absolute Gasteiger partial charge is 0.324 e. The molecule has 1 unspecified atom stereocenters. The SMILES string of the molecule is NC(CCCN1CCCC1)c1ccccc1F. The number of halogens is 1. The summed E-state index contributed by atoms with van der Waals surface area (Å²) >= 11 is 0. The molecule has 1 fully saturated rings. The van der Waals surface area contributed by atoms with Gasteiger partial charge in [-0.15, -0.1) is 0 Å². The van der Waals surface area contributed by atoms with Gasteiger partial charge in [0.1, 0.15) is 5.82 Å². The van der Waals surface area contributed by atoms with E-state index < -0.39 is 0 Å². The summed E-state index contributed by atoms with van der Waals surface area (Å²) in [4.78, 5) is 2.47. The highest BCUT2D eigenvalue weighted by atomic mass is 19.1. The number of rotatable bonds is 5. The monoisotopic (exact) mass is 236 g/mol. The lowest BCUT2D eigenvalue weighted by Crippen LogP contribution is -2.22. The van der Waals surface area contributed by atoms with E-state index in [9.17, 15) is 4.39 Å². The Morgan fingerprint density at radius 2 is 1.94 bits per heavy atom. The Morgan fingerprint density at radius 1 is 1.24 bits per heavy atom. The maximum atomic E-state index is 13.5. The Morgan fingerprint density at radius 3 is 2.65 bits per heavy atom. The highest BCUT2D eigenvalue weighted by Gasteiger charge is 2.13. The van der Waals surface area contributed by atoms with E-state index in [4.69, 9.17) is 5.73 Å². The van der Waals surface area contributed by atoms with Gasteiger partial charge in [0.15, 0.2) is 0 Å². The summed E-state index contributed by atoms with van der Waals surface area (Å²) < 4.78 is 13.5. The van der Waals surface area contributed by atoms with Gasteiger partial charge in [0.05, 0.1) is 0 Å². The van der Waals surface area contributed by atoms with Crippen LogP contribution < -0.4 is 5.73 Å². The highest BCUT2D eigenvalue weighted by molar-refractivity contribution is 5.20. The molecule has 0 radical (unpaired) electrons. The van der Waals surface area contributed by atoms with E-state index in [1.165, 1.54) is 32.0 Å².